The minimum Gasteiger partial charge on any atom is -0.490 e. The van der Waals surface area contributed by atoms with Gasteiger partial charge in [0.15, 0.2) is 11.6 Å². The normalized spacial score (nSPS) is 12.2. The van der Waals surface area contributed by atoms with Crippen LogP contribution in [0.4, 0.5) is 15.8 Å². The van der Waals surface area contributed by atoms with E-state index >= 15 is 0 Å². The molecule has 114 valence electrons. The van der Waals surface area contributed by atoms with E-state index in [1.165, 1.54) is 6.07 Å². The lowest BCUT2D eigenvalue weighted by molar-refractivity contribution is 0.0366. The highest BCUT2D eigenvalue weighted by Crippen LogP contribution is 2.28. The quantitative estimate of drug-likeness (QED) is 0.682. The monoisotopic (exact) mass is 286 g/mol. The molecule has 0 amide bonds. The smallest absolute Gasteiger partial charge is 0.167 e. The fourth-order valence-electron chi connectivity index (χ4n) is 1.66. The van der Waals surface area contributed by atoms with E-state index in [9.17, 15) is 4.39 Å². The first kappa shape index (κ1) is 16.5. The predicted octanol–water partition coefficient (Wildman–Crippen LogP) is 2.27. The molecule has 0 spiro atoms. The molecule has 0 bridgehead atoms. The third-order valence-corrected chi connectivity index (χ3v) is 2.77. The Bertz CT molecular complexity index is 416. The molecule has 3 N–H and O–H groups in total. The minimum absolute atomic E-state index is 0.107. The van der Waals surface area contributed by atoms with Crippen LogP contribution in [-0.4, -0.2) is 40.1 Å². The molecule has 6 heteroatoms. The summed E-state index contributed by atoms with van der Waals surface area (Å²) in [6.45, 7) is 3.39. The first-order valence-corrected chi connectivity index (χ1v) is 6.59. The molecule has 0 fully saturated rings. The van der Waals surface area contributed by atoms with Crippen LogP contribution in [0.25, 0.3) is 0 Å². The molecule has 0 aromatic heterocycles. The Balaban J connectivity index is 2.73. The molecule has 1 aromatic carbocycles. The number of anilines is 2. The lowest BCUT2D eigenvalue weighted by Gasteiger charge is -2.17. The molecule has 0 saturated heterocycles. The van der Waals surface area contributed by atoms with Crippen molar-refractivity contribution in [2.24, 2.45) is 0 Å². The summed E-state index contributed by atoms with van der Waals surface area (Å²) in [6, 6.07) is 2.82. The van der Waals surface area contributed by atoms with E-state index in [4.69, 9.17) is 19.9 Å². The molecule has 0 heterocycles. The summed E-state index contributed by atoms with van der Waals surface area (Å²) in [6.07, 6.45) is 0.705. The maximum absolute atomic E-state index is 13.7. The number of halogens is 1. The Kier molecular flexibility index (Phi) is 7.11. The molecule has 1 rings (SSSR count). The Morgan fingerprint density at radius 1 is 1.35 bits per heavy atom. The second-order valence-electron chi connectivity index (χ2n) is 4.41. The van der Waals surface area contributed by atoms with Crippen LogP contribution in [0.5, 0.6) is 5.75 Å². The zero-order valence-corrected chi connectivity index (χ0v) is 12.2. The van der Waals surface area contributed by atoms with Crippen LogP contribution >= 0.6 is 0 Å². The van der Waals surface area contributed by atoms with Gasteiger partial charge in [-0.05, 0) is 6.42 Å². The van der Waals surface area contributed by atoms with Gasteiger partial charge in [0.2, 0.25) is 0 Å². The maximum Gasteiger partial charge on any atom is 0.167 e. The van der Waals surface area contributed by atoms with Gasteiger partial charge in [-0.2, -0.15) is 0 Å². The van der Waals surface area contributed by atoms with E-state index < -0.39 is 5.82 Å². The summed E-state index contributed by atoms with van der Waals surface area (Å²) in [5.74, 6) is -0.258. The van der Waals surface area contributed by atoms with Crippen LogP contribution < -0.4 is 15.8 Å². The van der Waals surface area contributed by atoms with Crippen LogP contribution in [-0.2, 0) is 9.47 Å². The molecule has 1 unspecified atom stereocenters. The zero-order valence-electron chi connectivity index (χ0n) is 12.2. The lowest BCUT2D eigenvalue weighted by atomic mass is 10.2. The van der Waals surface area contributed by atoms with Gasteiger partial charge < -0.3 is 25.3 Å². The molecular formula is C14H23FN2O3. The van der Waals surface area contributed by atoms with Crippen molar-refractivity contribution >= 4 is 11.4 Å². The SMILES string of the molecule is CCCOc1cc(NCC(COC)OC)c(N)cc1F. The summed E-state index contributed by atoms with van der Waals surface area (Å²) < 4.78 is 29.3. The van der Waals surface area contributed by atoms with Gasteiger partial charge in [-0.15, -0.1) is 0 Å². The van der Waals surface area contributed by atoms with Gasteiger partial charge in [-0.3, -0.25) is 0 Å². The standard InChI is InChI=1S/C14H23FN2O3/c1-4-5-20-14-7-13(12(16)6-11(14)15)17-8-10(19-3)9-18-2/h6-7,10,17H,4-5,8-9,16H2,1-3H3. The van der Waals surface area contributed by atoms with Gasteiger partial charge >= 0.3 is 0 Å². The second-order valence-corrected chi connectivity index (χ2v) is 4.41. The van der Waals surface area contributed by atoms with Crippen molar-refractivity contribution < 1.29 is 18.6 Å². The number of benzene rings is 1. The Morgan fingerprint density at radius 3 is 2.70 bits per heavy atom. The molecule has 20 heavy (non-hydrogen) atoms. The predicted molar refractivity (Wildman–Crippen MR) is 77.8 cm³/mol. The van der Waals surface area contributed by atoms with E-state index in [1.54, 1.807) is 20.3 Å². The largest absolute Gasteiger partial charge is 0.490 e. The van der Waals surface area contributed by atoms with Crippen molar-refractivity contribution in [2.45, 2.75) is 19.4 Å². The van der Waals surface area contributed by atoms with Crippen LogP contribution in [0.1, 0.15) is 13.3 Å². The number of rotatable bonds is 9. The molecule has 0 radical (unpaired) electrons. The van der Waals surface area contributed by atoms with Crippen LogP contribution in [0.3, 0.4) is 0 Å². The first-order chi connectivity index (χ1) is 9.62. The average Bonchev–Trinajstić information content (AvgIpc) is 2.43. The van der Waals surface area contributed by atoms with Crippen molar-refractivity contribution in [3.05, 3.63) is 17.9 Å². The highest BCUT2D eigenvalue weighted by Gasteiger charge is 2.11. The fourth-order valence-corrected chi connectivity index (χ4v) is 1.66. The van der Waals surface area contributed by atoms with E-state index in [1.807, 2.05) is 6.92 Å². The van der Waals surface area contributed by atoms with Gasteiger partial charge in [0.25, 0.3) is 0 Å². The number of hydrogen-bond donors (Lipinski definition) is 2. The molecule has 5 nitrogen and oxygen atoms in total. The van der Waals surface area contributed by atoms with Crippen molar-refractivity contribution in [2.75, 3.05) is 45.0 Å². The Morgan fingerprint density at radius 2 is 2.10 bits per heavy atom. The molecule has 1 aromatic rings. The van der Waals surface area contributed by atoms with E-state index in [0.717, 1.165) is 6.42 Å². The Hall–Kier alpha value is -1.53. The fraction of sp³-hybridized carbons (Fsp3) is 0.571. The van der Waals surface area contributed by atoms with Crippen LogP contribution in [0.15, 0.2) is 12.1 Å². The summed E-state index contributed by atoms with van der Waals surface area (Å²) in [7, 11) is 3.21. The molecule has 0 aliphatic rings. The van der Waals surface area contributed by atoms with Gasteiger partial charge in [0.05, 0.1) is 30.7 Å². The number of nitrogens with two attached hydrogens (primary N) is 1. The lowest BCUT2D eigenvalue weighted by Crippen LogP contribution is -2.26. The van der Waals surface area contributed by atoms with Crippen molar-refractivity contribution in [3.63, 3.8) is 0 Å². The topological polar surface area (TPSA) is 65.7 Å². The van der Waals surface area contributed by atoms with Gasteiger partial charge in [0.1, 0.15) is 0 Å². The highest BCUT2D eigenvalue weighted by molar-refractivity contribution is 5.68. The van der Waals surface area contributed by atoms with Crippen LogP contribution in [0, 0.1) is 5.82 Å². The third kappa shape index (κ3) is 4.86. The highest BCUT2D eigenvalue weighted by atomic mass is 19.1. The van der Waals surface area contributed by atoms with Gasteiger partial charge in [-0.25, -0.2) is 4.39 Å². The van der Waals surface area contributed by atoms with E-state index in [0.29, 0.717) is 31.1 Å². The molecule has 1 atom stereocenters. The number of nitrogens with one attached hydrogen (secondary N) is 1. The van der Waals surface area contributed by atoms with Crippen LogP contribution in [0.2, 0.25) is 0 Å². The second kappa shape index (κ2) is 8.60. The average molecular weight is 286 g/mol. The first-order valence-electron chi connectivity index (χ1n) is 6.59. The third-order valence-electron chi connectivity index (χ3n) is 2.77. The molecule has 0 saturated carbocycles. The molecular weight excluding hydrogens is 263 g/mol. The number of methoxy groups -OCH3 is 2. The number of nitrogen functional groups attached to an aromatic ring is 1. The molecule has 0 aliphatic carbocycles. The van der Waals surface area contributed by atoms with E-state index in [2.05, 4.69) is 5.32 Å². The van der Waals surface area contributed by atoms with E-state index in [-0.39, 0.29) is 11.9 Å². The summed E-state index contributed by atoms with van der Waals surface area (Å²) in [5.41, 5.74) is 6.74. The number of hydrogen-bond acceptors (Lipinski definition) is 5. The summed E-state index contributed by atoms with van der Waals surface area (Å²) in [4.78, 5) is 0. The maximum atomic E-state index is 13.7. The van der Waals surface area contributed by atoms with Crippen molar-refractivity contribution in [1.82, 2.24) is 0 Å². The molecule has 0 aliphatic heterocycles. The summed E-state index contributed by atoms with van der Waals surface area (Å²) >= 11 is 0. The van der Waals surface area contributed by atoms with Gasteiger partial charge in [-0.1, -0.05) is 6.92 Å². The number of ether oxygens (including phenoxy) is 3. The van der Waals surface area contributed by atoms with Crippen molar-refractivity contribution in [1.29, 1.82) is 0 Å². The van der Waals surface area contributed by atoms with Gasteiger partial charge in [0, 0.05) is 32.9 Å². The zero-order chi connectivity index (χ0) is 15.0. The Labute approximate surface area is 119 Å². The summed E-state index contributed by atoms with van der Waals surface area (Å²) in [5, 5.41) is 3.12. The van der Waals surface area contributed by atoms with Crippen molar-refractivity contribution in [3.8, 4) is 5.75 Å². The minimum atomic E-state index is -0.457.